The number of fused-ring (bicyclic) bond motifs is 1. The molecule has 0 radical (unpaired) electrons. The quantitative estimate of drug-likeness (QED) is 0.674. The van der Waals surface area contributed by atoms with Crippen molar-refractivity contribution in [1.29, 1.82) is 0 Å². The van der Waals surface area contributed by atoms with Gasteiger partial charge in [-0.15, -0.1) is 0 Å². The van der Waals surface area contributed by atoms with Crippen LogP contribution in [0, 0.1) is 5.92 Å². The van der Waals surface area contributed by atoms with Gasteiger partial charge in [-0.1, -0.05) is 0 Å². The largest absolute Gasteiger partial charge is 0.419 e. The third-order valence-electron chi connectivity index (χ3n) is 6.54. The van der Waals surface area contributed by atoms with Gasteiger partial charge in [0.25, 0.3) is 0 Å². The first kappa shape index (κ1) is 19.1. The Bertz CT molecular complexity index is 1080. The highest BCUT2D eigenvalue weighted by Gasteiger charge is 2.63. The van der Waals surface area contributed by atoms with E-state index in [0.29, 0.717) is 23.2 Å². The molecule has 0 aromatic carbocycles. The third-order valence-corrected chi connectivity index (χ3v) is 6.54. The molecule has 3 atom stereocenters. The zero-order valence-corrected chi connectivity index (χ0v) is 16.8. The van der Waals surface area contributed by atoms with Gasteiger partial charge >= 0.3 is 6.18 Å². The van der Waals surface area contributed by atoms with Crippen LogP contribution >= 0.6 is 0 Å². The maximum Gasteiger partial charge on any atom is 0.419 e. The standard InChI is InChI=1S/C21H23F3N6/c1-12(2)30-18(20-9-14(20)7-15(10-20)29-5-3-4-27-29)8-17(28-30)13-6-16(21(22,23)24)19(25)26-11-13/h3-6,8,11-12,14-15H,7,9-10H2,1-2H3,(H2,25,26)/t14-,15?,20+/m0/s1. The fourth-order valence-corrected chi connectivity index (χ4v) is 5.03. The number of aromatic nitrogens is 5. The molecular formula is C21H23F3N6. The summed E-state index contributed by atoms with van der Waals surface area (Å²) < 4.78 is 43.9. The lowest BCUT2D eigenvalue weighted by Crippen LogP contribution is -2.18. The molecule has 9 heteroatoms. The van der Waals surface area contributed by atoms with Crippen LogP contribution in [0.4, 0.5) is 19.0 Å². The second-order valence-corrected chi connectivity index (χ2v) is 8.74. The van der Waals surface area contributed by atoms with Crippen molar-refractivity contribution in [2.45, 2.75) is 56.8 Å². The Morgan fingerprint density at radius 2 is 2.03 bits per heavy atom. The summed E-state index contributed by atoms with van der Waals surface area (Å²) in [6, 6.07) is 5.35. The molecule has 2 saturated carbocycles. The highest BCUT2D eigenvalue weighted by Crippen LogP contribution is 2.67. The van der Waals surface area contributed by atoms with E-state index < -0.39 is 17.6 Å². The van der Waals surface area contributed by atoms with Crippen molar-refractivity contribution in [3.8, 4) is 11.3 Å². The van der Waals surface area contributed by atoms with Crippen molar-refractivity contribution in [1.82, 2.24) is 24.5 Å². The summed E-state index contributed by atoms with van der Waals surface area (Å²) in [5.41, 5.74) is 6.47. The monoisotopic (exact) mass is 416 g/mol. The van der Waals surface area contributed by atoms with Crippen LogP contribution in [0.25, 0.3) is 11.3 Å². The normalized spacial score (nSPS) is 25.7. The second kappa shape index (κ2) is 6.33. The number of hydrogen-bond donors (Lipinski definition) is 1. The van der Waals surface area contributed by atoms with Gasteiger partial charge < -0.3 is 5.73 Å². The van der Waals surface area contributed by atoms with Crippen LogP contribution in [0.2, 0.25) is 0 Å². The Morgan fingerprint density at radius 1 is 1.23 bits per heavy atom. The van der Waals surface area contributed by atoms with Crippen LogP contribution in [0.15, 0.2) is 36.8 Å². The smallest absolute Gasteiger partial charge is 0.383 e. The van der Waals surface area contributed by atoms with E-state index in [-0.39, 0.29) is 11.5 Å². The SMILES string of the molecule is CC(C)n1nc(-c2cnc(N)c(C(F)(F)F)c2)cc1[C@]12CC(n3cccn3)C[C@H]1C2. The number of rotatable bonds is 4. The maximum absolute atomic E-state index is 13.3. The zero-order valence-electron chi connectivity index (χ0n) is 16.8. The van der Waals surface area contributed by atoms with Crippen LogP contribution in [0.5, 0.6) is 0 Å². The summed E-state index contributed by atoms with van der Waals surface area (Å²) in [5, 5.41) is 9.08. The molecule has 30 heavy (non-hydrogen) atoms. The van der Waals surface area contributed by atoms with Crippen molar-refractivity contribution in [2.75, 3.05) is 5.73 Å². The molecule has 3 aromatic heterocycles. The molecular weight excluding hydrogens is 393 g/mol. The lowest BCUT2D eigenvalue weighted by molar-refractivity contribution is -0.137. The zero-order chi connectivity index (χ0) is 21.3. The molecule has 0 saturated heterocycles. The lowest BCUT2D eigenvalue weighted by Gasteiger charge is -2.20. The van der Waals surface area contributed by atoms with Gasteiger partial charge in [0.05, 0.1) is 17.3 Å². The van der Waals surface area contributed by atoms with Crippen LogP contribution in [-0.4, -0.2) is 24.5 Å². The Kier molecular flexibility index (Phi) is 4.04. The summed E-state index contributed by atoms with van der Waals surface area (Å²) >= 11 is 0. The predicted octanol–water partition coefficient (Wildman–Crippen LogP) is 4.62. The number of anilines is 1. The van der Waals surface area contributed by atoms with Crippen LogP contribution in [0.3, 0.4) is 0 Å². The first-order chi connectivity index (χ1) is 14.2. The molecule has 6 nitrogen and oxygen atoms in total. The summed E-state index contributed by atoms with van der Waals surface area (Å²) in [7, 11) is 0. The predicted molar refractivity (Wildman–Crippen MR) is 106 cm³/mol. The van der Waals surface area contributed by atoms with Crippen molar-refractivity contribution >= 4 is 5.82 Å². The molecule has 2 aliphatic carbocycles. The van der Waals surface area contributed by atoms with E-state index in [0.717, 1.165) is 31.0 Å². The van der Waals surface area contributed by atoms with E-state index in [4.69, 9.17) is 5.73 Å². The van der Waals surface area contributed by atoms with Gasteiger partial charge in [0.1, 0.15) is 5.82 Å². The Balaban J connectivity index is 1.53. The van der Waals surface area contributed by atoms with Crippen molar-refractivity contribution in [2.24, 2.45) is 5.92 Å². The van der Waals surface area contributed by atoms with E-state index in [9.17, 15) is 13.2 Å². The van der Waals surface area contributed by atoms with E-state index >= 15 is 0 Å². The number of nitrogens with zero attached hydrogens (tertiary/aromatic N) is 5. The lowest BCUT2D eigenvalue weighted by atomic mass is 9.96. The Morgan fingerprint density at radius 3 is 2.70 bits per heavy atom. The van der Waals surface area contributed by atoms with E-state index in [2.05, 4.69) is 15.2 Å². The maximum atomic E-state index is 13.3. The average Bonchev–Trinajstić information content (AvgIpc) is 3.17. The molecule has 2 N–H and O–H groups in total. The number of hydrogen-bond acceptors (Lipinski definition) is 4. The highest BCUT2D eigenvalue weighted by atomic mass is 19.4. The number of nitrogen functional groups attached to an aromatic ring is 1. The third kappa shape index (κ3) is 2.90. The number of nitrogens with two attached hydrogens (primary N) is 1. The average molecular weight is 416 g/mol. The van der Waals surface area contributed by atoms with Gasteiger partial charge in [0.2, 0.25) is 0 Å². The topological polar surface area (TPSA) is 74.6 Å². The second-order valence-electron chi connectivity index (χ2n) is 8.74. The molecule has 3 heterocycles. The molecule has 2 aliphatic rings. The van der Waals surface area contributed by atoms with E-state index in [1.807, 2.05) is 41.5 Å². The van der Waals surface area contributed by atoms with Crippen LogP contribution in [-0.2, 0) is 11.6 Å². The fourth-order valence-electron chi connectivity index (χ4n) is 5.03. The minimum atomic E-state index is -4.56. The summed E-state index contributed by atoms with van der Waals surface area (Å²) in [5.74, 6) is 0.0255. The van der Waals surface area contributed by atoms with Gasteiger partial charge in [0, 0.05) is 41.3 Å². The Labute approximate surface area is 171 Å². The van der Waals surface area contributed by atoms with Crippen LogP contribution < -0.4 is 5.73 Å². The van der Waals surface area contributed by atoms with Gasteiger partial charge in [0.15, 0.2) is 0 Å². The molecule has 0 bridgehead atoms. The van der Waals surface area contributed by atoms with Gasteiger partial charge in [-0.05, 0) is 57.2 Å². The van der Waals surface area contributed by atoms with Crippen LogP contribution in [0.1, 0.15) is 56.5 Å². The summed E-state index contributed by atoms with van der Waals surface area (Å²) in [4.78, 5) is 3.77. The van der Waals surface area contributed by atoms with Gasteiger partial charge in [-0.2, -0.15) is 23.4 Å². The van der Waals surface area contributed by atoms with Crippen molar-refractivity contribution < 1.29 is 13.2 Å². The molecule has 2 fully saturated rings. The number of halogens is 3. The highest BCUT2D eigenvalue weighted by molar-refractivity contribution is 5.63. The number of alkyl halides is 3. The number of pyridine rings is 1. The molecule has 5 rings (SSSR count). The fraction of sp³-hybridized carbons (Fsp3) is 0.476. The molecule has 3 aromatic rings. The molecule has 0 aliphatic heterocycles. The first-order valence-electron chi connectivity index (χ1n) is 10.1. The van der Waals surface area contributed by atoms with E-state index in [1.54, 1.807) is 6.20 Å². The minimum absolute atomic E-state index is 0.0141. The minimum Gasteiger partial charge on any atom is -0.383 e. The van der Waals surface area contributed by atoms with E-state index in [1.165, 1.54) is 6.20 Å². The van der Waals surface area contributed by atoms with Crippen molar-refractivity contribution in [3.63, 3.8) is 0 Å². The van der Waals surface area contributed by atoms with Gasteiger partial charge in [-0.3, -0.25) is 9.36 Å². The molecule has 0 spiro atoms. The molecule has 0 amide bonds. The molecule has 1 unspecified atom stereocenters. The molecule has 158 valence electrons. The van der Waals surface area contributed by atoms with Gasteiger partial charge in [-0.25, -0.2) is 4.98 Å². The first-order valence-corrected chi connectivity index (χ1v) is 10.1. The summed E-state index contributed by atoms with van der Waals surface area (Å²) in [6.07, 6.45) is 3.69. The summed E-state index contributed by atoms with van der Waals surface area (Å²) in [6.45, 7) is 4.08. The Hall–Kier alpha value is -2.84. The van der Waals surface area contributed by atoms with Crippen molar-refractivity contribution in [3.05, 3.63) is 48.0 Å².